The lowest BCUT2D eigenvalue weighted by Gasteiger charge is -2.32. The highest BCUT2D eigenvalue weighted by molar-refractivity contribution is 6.33. The van der Waals surface area contributed by atoms with Gasteiger partial charge in [-0.05, 0) is 25.8 Å². The molecule has 1 aromatic carbocycles. The standard InChI is InChI=1S/C21H23ClN2O3/c1-3-9-24(15-7-5-4-6-8-15)12-18-14(2)27-21(23-18)16-10-19-20(11-17(16)22)26-13-25-19/h1,10-11,15H,4-9,12-13H2,2H3. The van der Waals surface area contributed by atoms with Gasteiger partial charge in [-0.3, -0.25) is 4.90 Å². The highest BCUT2D eigenvalue weighted by Gasteiger charge is 2.24. The zero-order valence-electron chi connectivity index (χ0n) is 15.5. The highest BCUT2D eigenvalue weighted by atomic mass is 35.5. The second kappa shape index (κ2) is 7.84. The van der Waals surface area contributed by atoms with Crippen LogP contribution in [0.4, 0.5) is 0 Å². The monoisotopic (exact) mass is 386 g/mol. The Labute approximate surface area is 164 Å². The Kier molecular flexibility index (Phi) is 5.29. The number of oxazole rings is 1. The minimum atomic E-state index is 0.202. The van der Waals surface area contributed by atoms with E-state index >= 15 is 0 Å². The third-order valence-corrected chi connectivity index (χ3v) is 5.64. The molecule has 27 heavy (non-hydrogen) atoms. The molecule has 6 heteroatoms. The number of aromatic nitrogens is 1. The van der Waals surface area contributed by atoms with E-state index in [0.717, 1.165) is 11.5 Å². The van der Waals surface area contributed by atoms with Crippen LogP contribution in [0.2, 0.25) is 5.02 Å². The van der Waals surface area contributed by atoms with Crippen LogP contribution in [-0.2, 0) is 6.54 Å². The maximum Gasteiger partial charge on any atom is 0.231 e. The van der Waals surface area contributed by atoms with Gasteiger partial charge in [0.15, 0.2) is 11.5 Å². The summed E-state index contributed by atoms with van der Waals surface area (Å²) in [6, 6.07) is 4.08. The molecule has 2 aromatic rings. The van der Waals surface area contributed by atoms with Crippen molar-refractivity contribution in [2.24, 2.45) is 0 Å². The lowest BCUT2D eigenvalue weighted by Crippen LogP contribution is -2.36. The summed E-state index contributed by atoms with van der Waals surface area (Å²) in [6.45, 7) is 3.44. The molecule has 0 spiro atoms. The number of ether oxygens (including phenoxy) is 2. The Hall–Kier alpha value is -2.16. The van der Waals surface area contributed by atoms with Crippen LogP contribution in [0.25, 0.3) is 11.5 Å². The fourth-order valence-electron chi connectivity index (χ4n) is 3.84. The first-order valence-corrected chi connectivity index (χ1v) is 9.77. The van der Waals surface area contributed by atoms with Gasteiger partial charge in [0.05, 0.1) is 22.8 Å². The zero-order chi connectivity index (χ0) is 18.8. The van der Waals surface area contributed by atoms with Gasteiger partial charge in [0.25, 0.3) is 0 Å². The Morgan fingerprint density at radius 2 is 1.96 bits per heavy atom. The third kappa shape index (κ3) is 3.78. The second-order valence-corrected chi connectivity index (χ2v) is 7.52. The summed E-state index contributed by atoms with van der Waals surface area (Å²) in [5.74, 6) is 5.38. The number of rotatable bonds is 5. The Bertz CT molecular complexity index is 865. The van der Waals surface area contributed by atoms with Gasteiger partial charge in [0.2, 0.25) is 12.7 Å². The van der Waals surface area contributed by atoms with E-state index in [2.05, 4.69) is 10.8 Å². The molecule has 1 aromatic heterocycles. The minimum absolute atomic E-state index is 0.202. The number of nitrogens with zero attached hydrogens (tertiary/aromatic N) is 2. The number of aryl methyl sites for hydroxylation is 1. The van der Waals surface area contributed by atoms with Crippen LogP contribution < -0.4 is 9.47 Å². The van der Waals surface area contributed by atoms with Gasteiger partial charge in [-0.25, -0.2) is 4.98 Å². The van der Waals surface area contributed by atoms with E-state index in [1.165, 1.54) is 32.1 Å². The normalized spacial score (nSPS) is 16.7. The summed E-state index contributed by atoms with van der Waals surface area (Å²) in [7, 11) is 0. The first-order chi connectivity index (χ1) is 13.2. The summed E-state index contributed by atoms with van der Waals surface area (Å²) in [5.41, 5.74) is 1.61. The van der Waals surface area contributed by atoms with Gasteiger partial charge < -0.3 is 13.9 Å². The van der Waals surface area contributed by atoms with Crippen molar-refractivity contribution in [1.29, 1.82) is 0 Å². The molecular formula is C21H23ClN2O3. The molecule has 2 aliphatic rings. The smallest absolute Gasteiger partial charge is 0.231 e. The fourth-order valence-corrected chi connectivity index (χ4v) is 4.08. The minimum Gasteiger partial charge on any atom is -0.454 e. The van der Waals surface area contributed by atoms with Crippen molar-refractivity contribution in [3.05, 3.63) is 28.6 Å². The van der Waals surface area contributed by atoms with Crippen LogP contribution in [0.15, 0.2) is 16.5 Å². The van der Waals surface area contributed by atoms with Crippen molar-refractivity contribution >= 4 is 11.6 Å². The van der Waals surface area contributed by atoms with Crippen molar-refractivity contribution in [1.82, 2.24) is 9.88 Å². The molecule has 142 valence electrons. The van der Waals surface area contributed by atoms with E-state index < -0.39 is 0 Å². The van der Waals surface area contributed by atoms with E-state index in [1.807, 2.05) is 13.0 Å². The summed E-state index contributed by atoms with van der Waals surface area (Å²) in [6.07, 6.45) is 11.9. The summed E-state index contributed by atoms with van der Waals surface area (Å²) in [5, 5.41) is 0.528. The Morgan fingerprint density at radius 1 is 1.22 bits per heavy atom. The van der Waals surface area contributed by atoms with E-state index in [1.54, 1.807) is 6.07 Å². The van der Waals surface area contributed by atoms with Crippen LogP contribution in [-0.4, -0.2) is 29.3 Å². The molecule has 0 amide bonds. The maximum absolute atomic E-state index is 6.41. The van der Waals surface area contributed by atoms with Crippen LogP contribution in [0.5, 0.6) is 11.5 Å². The molecular weight excluding hydrogens is 364 g/mol. The zero-order valence-corrected chi connectivity index (χ0v) is 16.2. The van der Waals surface area contributed by atoms with Crippen LogP contribution in [0.1, 0.15) is 43.6 Å². The quantitative estimate of drug-likeness (QED) is 0.691. The van der Waals surface area contributed by atoms with Crippen LogP contribution in [0, 0.1) is 19.3 Å². The average Bonchev–Trinajstić information content (AvgIpc) is 3.27. The molecule has 0 N–H and O–H groups in total. The fraction of sp³-hybridized carbons (Fsp3) is 0.476. The van der Waals surface area contributed by atoms with Crippen molar-refractivity contribution < 1.29 is 13.9 Å². The third-order valence-electron chi connectivity index (χ3n) is 5.32. The number of benzene rings is 1. The van der Waals surface area contributed by atoms with Gasteiger partial charge >= 0.3 is 0 Å². The van der Waals surface area contributed by atoms with E-state index in [9.17, 15) is 0 Å². The summed E-state index contributed by atoms with van der Waals surface area (Å²) in [4.78, 5) is 7.07. The van der Waals surface area contributed by atoms with Gasteiger partial charge in [-0.2, -0.15) is 0 Å². The van der Waals surface area contributed by atoms with Gasteiger partial charge in [0.1, 0.15) is 5.76 Å². The number of terminal acetylenes is 1. The number of halogens is 1. The molecule has 4 rings (SSSR count). The number of hydrogen-bond acceptors (Lipinski definition) is 5. The average molecular weight is 387 g/mol. The lowest BCUT2D eigenvalue weighted by atomic mass is 9.94. The van der Waals surface area contributed by atoms with Crippen molar-refractivity contribution in [2.75, 3.05) is 13.3 Å². The molecule has 0 bridgehead atoms. The predicted molar refractivity (Wildman–Crippen MR) is 104 cm³/mol. The van der Waals surface area contributed by atoms with Crippen LogP contribution in [0.3, 0.4) is 0 Å². The molecule has 2 heterocycles. The molecule has 1 aliphatic carbocycles. The Balaban J connectivity index is 1.58. The van der Waals surface area contributed by atoms with E-state index in [4.69, 9.17) is 36.9 Å². The molecule has 5 nitrogen and oxygen atoms in total. The lowest BCUT2D eigenvalue weighted by molar-refractivity contribution is 0.165. The first kappa shape index (κ1) is 18.2. The van der Waals surface area contributed by atoms with Crippen molar-refractivity contribution in [3.8, 4) is 35.3 Å². The van der Waals surface area contributed by atoms with Crippen molar-refractivity contribution in [3.63, 3.8) is 0 Å². The van der Waals surface area contributed by atoms with Gasteiger partial charge in [0, 0.05) is 18.7 Å². The van der Waals surface area contributed by atoms with Gasteiger partial charge in [-0.15, -0.1) is 6.42 Å². The molecule has 1 aliphatic heterocycles. The molecule has 1 fully saturated rings. The first-order valence-electron chi connectivity index (χ1n) is 9.39. The Morgan fingerprint density at radius 3 is 2.70 bits per heavy atom. The second-order valence-electron chi connectivity index (χ2n) is 7.11. The number of fused-ring (bicyclic) bond motifs is 1. The number of hydrogen-bond donors (Lipinski definition) is 0. The molecule has 1 saturated carbocycles. The molecule has 0 unspecified atom stereocenters. The van der Waals surface area contributed by atoms with E-state index in [0.29, 0.717) is 47.1 Å². The maximum atomic E-state index is 6.41. The van der Waals surface area contributed by atoms with Gasteiger partial charge in [-0.1, -0.05) is 36.8 Å². The topological polar surface area (TPSA) is 47.7 Å². The molecule has 0 radical (unpaired) electrons. The van der Waals surface area contributed by atoms with Crippen molar-refractivity contribution in [2.45, 2.75) is 51.6 Å². The predicted octanol–water partition coefficient (Wildman–Crippen LogP) is 4.80. The summed E-state index contributed by atoms with van der Waals surface area (Å²) >= 11 is 6.41. The van der Waals surface area contributed by atoms with E-state index in [-0.39, 0.29) is 6.79 Å². The highest BCUT2D eigenvalue weighted by Crippen LogP contribution is 2.41. The van der Waals surface area contributed by atoms with Crippen LogP contribution >= 0.6 is 11.6 Å². The molecule has 0 saturated heterocycles. The largest absolute Gasteiger partial charge is 0.454 e. The molecule has 0 atom stereocenters. The SMILES string of the molecule is C#CCN(Cc1nc(-c2cc3c(cc2Cl)OCO3)oc1C)C1CCCCC1. The summed E-state index contributed by atoms with van der Waals surface area (Å²) < 4.78 is 16.7.